The summed E-state index contributed by atoms with van der Waals surface area (Å²) in [6.45, 7) is 8.56. The molecule has 1 heterocycles. The van der Waals surface area contributed by atoms with Gasteiger partial charge in [-0.3, -0.25) is 0 Å². The van der Waals surface area contributed by atoms with Gasteiger partial charge in [-0.15, -0.1) is 11.3 Å². The standard InChI is InChI=1S/C14H24N2O3S/c1-4-6-9-18-10-7-8-15-14-16-12(11(3)20-14)13(17)19-5-2/h4-10H2,1-3H3,(H,15,16). The van der Waals surface area contributed by atoms with Gasteiger partial charge in [-0.25, -0.2) is 9.78 Å². The first-order chi connectivity index (χ1) is 9.69. The summed E-state index contributed by atoms with van der Waals surface area (Å²) in [6.07, 6.45) is 3.20. The number of nitrogens with one attached hydrogen (secondary N) is 1. The second kappa shape index (κ2) is 9.72. The van der Waals surface area contributed by atoms with Gasteiger partial charge in [-0.1, -0.05) is 13.3 Å². The van der Waals surface area contributed by atoms with Crippen LogP contribution in [0.25, 0.3) is 0 Å². The maximum Gasteiger partial charge on any atom is 0.358 e. The van der Waals surface area contributed by atoms with E-state index in [-0.39, 0.29) is 5.97 Å². The van der Waals surface area contributed by atoms with Crippen LogP contribution in [-0.4, -0.2) is 37.3 Å². The molecule has 0 radical (unpaired) electrons. The van der Waals surface area contributed by atoms with Crippen molar-refractivity contribution in [1.29, 1.82) is 0 Å². The number of aromatic nitrogens is 1. The van der Waals surface area contributed by atoms with E-state index in [9.17, 15) is 4.79 Å². The van der Waals surface area contributed by atoms with E-state index >= 15 is 0 Å². The Labute approximate surface area is 124 Å². The van der Waals surface area contributed by atoms with Crippen molar-refractivity contribution in [3.8, 4) is 0 Å². The SMILES string of the molecule is CCCCOCCCNc1nc(C(=O)OCC)c(C)s1. The second-order valence-electron chi connectivity index (χ2n) is 4.39. The third kappa shape index (κ3) is 5.88. The molecule has 0 aliphatic rings. The topological polar surface area (TPSA) is 60.5 Å². The fourth-order valence-electron chi connectivity index (χ4n) is 1.58. The van der Waals surface area contributed by atoms with Crippen molar-refractivity contribution in [3.63, 3.8) is 0 Å². The van der Waals surface area contributed by atoms with Gasteiger partial charge in [0.15, 0.2) is 10.8 Å². The number of rotatable bonds is 10. The van der Waals surface area contributed by atoms with E-state index in [4.69, 9.17) is 9.47 Å². The molecule has 0 unspecified atom stereocenters. The Balaban J connectivity index is 2.27. The van der Waals surface area contributed by atoms with Crippen LogP contribution in [0.4, 0.5) is 5.13 Å². The molecule has 0 atom stereocenters. The summed E-state index contributed by atoms with van der Waals surface area (Å²) in [7, 11) is 0. The van der Waals surface area contributed by atoms with Crippen molar-refractivity contribution in [2.45, 2.75) is 40.0 Å². The van der Waals surface area contributed by atoms with Crippen LogP contribution < -0.4 is 5.32 Å². The van der Waals surface area contributed by atoms with Crippen molar-refractivity contribution in [3.05, 3.63) is 10.6 Å². The first-order valence-electron chi connectivity index (χ1n) is 7.15. The van der Waals surface area contributed by atoms with E-state index in [1.54, 1.807) is 6.92 Å². The molecular weight excluding hydrogens is 276 g/mol. The van der Waals surface area contributed by atoms with Crippen LogP contribution in [0.5, 0.6) is 0 Å². The third-order valence-corrected chi connectivity index (χ3v) is 3.58. The summed E-state index contributed by atoms with van der Waals surface area (Å²) in [5.74, 6) is -0.350. The van der Waals surface area contributed by atoms with E-state index in [0.29, 0.717) is 12.3 Å². The van der Waals surface area contributed by atoms with Crippen LogP contribution in [0.15, 0.2) is 0 Å². The molecule has 0 aromatic carbocycles. The van der Waals surface area contributed by atoms with E-state index in [1.807, 2.05) is 6.92 Å². The van der Waals surface area contributed by atoms with Gasteiger partial charge in [-0.2, -0.15) is 0 Å². The van der Waals surface area contributed by atoms with Crippen LogP contribution in [-0.2, 0) is 9.47 Å². The maximum absolute atomic E-state index is 11.6. The predicted octanol–water partition coefficient (Wildman–Crippen LogP) is 3.25. The summed E-state index contributed by atoms with van der Waals surface area (Å²) in [6, 6.07) is 0. The van der Waals surface area contributed by atoms with Gasteiger partial charge in [0.2, 0.25) is 0 Å². The number of esters is 1. The molecule has 6 heteroatoms. The number of anilines is 1. The number of hydrogen-bond acceptors (Lipinski definition) is 6. The van der Waals surface area contributed by atoms with Crippen LogP contribution in [0.3, 0.4) is 0 Å². The molecule has 0 aliphatic carbocycles. The lowest BCUT2D eigenvalue weighted by molar-refractivity contribution is 0.0519. The van der Waals surface area contributed by atoms with Gasteiger partial charge >= 0.3 is 5.97 Å². The lowest BCUT2D eigenvalue weighted by Crippen LogP contribution is -2.08. The quantitative estimate of drug-likeness (QED) is 0.531. The summed E-state index contributed by atoms with van der Waals surface area (Å²) in [4.78, 5) is 16.8. The molecule has 114 valence electrons. The zero-order chi connectivity index (χ0) is 14.8. The van der Waals surface area contributed by atoms with E-state index in [1.165, 1.54) is 11.3 Å². The average molecular weight is 300 g/mol. The highest BCUT2D eigenvalue weighted by atomic mass is 32.1. The smallest absolute Gasteiger partial charge is 0.358 e. The second-order valence-corrected chi connectivity index (χ2v) is 5.59. The molecular formula is C14H24N2O3S. The fraction of sp³-hybridized carbons (Fsp3) is 0.714. The minimum absolute atomic E-state index is 0.350. The first-order valence-corrected chi connectivity index (χ1v) is 7.96. The molecule has 1 aromatic rings. The Morgan fingerprint density at radius 1 is 1.30 bits per heavy atom. The molecule has 1 rings (SSSR count). The largest absolute Gasteiger partial charge is 0.461 e. The van der Waals surface area contributed by atoms with Gasteiger partial charge < -0.3 is 14.8 Å². The number of unbranched alkanes of at least 4 members (excludes halogenated alkanes) is 1. The molecule has 1 aromatic heterocycles. The predicted molar refractivity (Wildman–Crippen MR) is 81.6 cm³/mol. The molecule has 1 N–H and O–H groups in total. The van der Waals surface area contributed by atoms with Gasteiger partial charge in [0, 0.05) is 24.6 Å². The number of carbonyl (C=O) groups excluding carboxylic acids is 1. The van der Waals surface area contributed by atoms with E-state index < -0.39 is 0 Å². The first kappa shape index (κ1) is 16.9. The molecule has 0 amide bonds. The summed E-state index contributed by atoms with van der Waals surface area (Å²) >= 11 is 1.48. The number of thiazole rings is 1. The number of hydrogen-bond donors (Lipinski definition) is 1. The van der Waals surface area contributed by atoms with Crippen molar-refractivity contribution < 1.29 is 14.3 Å². The summed E-state index contributed by atoms with van der Waals surface area (Å²) < 4.78 is 10.4. The average Bonchev–Trinajstić information content (AvgIpc) is 2.79. The Morgan fingerprint density at radius 3 is 2.75 bits per heavy atom. The van der Waals surface area contributed by atoms with Crippen LogP contribution >= 0.6 is 11.3 Å². The molecule has 0 bridgehead atoms. The number of ether oxygens (including phenoxy) is 2. The van der Waals surface area contributed by atoms with Gasteiger partial charge in [0.05, 0.1) is 6.61 Å². The lowest BCUT2D eigenvalue weighted by atomic mass is 10.4. The van der Waals surface area contributed by atoms with Crippen LogP contribution in [0.1, 0.15) is 48.5 Å². The van der Waals surface area contributed by atoms with Crippen LogP contribution in [0.2, 0.25) is 0 Å². The Bertz CT molecular complexity index is 407. The molecule has 5 nitrogen and oxygen atoms in total. The molecule has 0 saturated heterocycles. The minimum Gasteiger partial charge on any atom is -0.461 e. The Morgan fingerprint density at radius 2 is 2.05 bits per heavy atom. The van der Waals surface area contributed by atoms with Crippen molar-refractivity contribution >= 4 is 22.4 Å². The highest BCUT2D eigenvalue weighted by molar-refractivity contribution is 7.15. The molecule has 0 fully saturated rings. The normalized spacial score (nSPS) is 10.6. The van der Waals surface area contributed by atoms with Crippen molar-refractivity contribution in [2.24, 2.45) is 0 Å². The monoisotopic (exact) mass is 300 g/mol. The number of carbonyl (C=O) groups is 1. The van der Waals surface area contributed by atoms with Gasteiger partial charge in [0.1, 0.15) is 0 Å². The van der Waals surface area contributed by atoms with E-state index in [0.717, 1.165) is 49.0 Å². The summed E-state index contributed by atoms with van der Waals surface area (Å²) in [5, 5.41) is 3.98. The number of nitrogens with zero attached hydrogens (tertiary/aromatic N) is 1. The minimum atomic E-state index is -0.350. The molecule has 0 aliphatic heterocycles. The Kier molecular flexibility index (Phi) is 8.22. The van der Waals surface area contributed by atoms with Gasteiger partial charge in [0.25, 0.3) is 0 Å². The highest BCUT2D eigenvalue weighted by Crippen LogP contribution is 2.22. The van der Waals surface area contributed by atoms with Crippen molar-refractivity contribution in [2.75, 3.05) is 31.7 Å². The zero-order valence-electron chi connectivity index (χ0n) is 12.5. The number of aryl methyl sites for hydroxylation is 1. The third-order valence-electron chi connectivity index (χ3n) is 2.65. The fourth-order valence-corrected chi connectivity index (χ4v) is 2.41. The Hall–Kier alpha value is -1.14. The van der Waals surface area contributed by atoms with Crippen LogP contribution in [0, 0.1) is 6.92 Å². The van der Waals surface area contributed by atoms with Crippen molar-refractivity contribution in [1.82, 2.24) is 4.98 Å². The molecule has 0 spiro atoms. The zero-order valence-corrected chi connectivity index (χ0v) is 13.3. The lowest BCUT2D eigenvalue weighted by Gasteiger charge is -2.04. The molecule has 0 saturated carbocycles. The van der Waals surface area contributed by atoms with E-state index in [2.05, 4.69) is 17.2 Å². The summed E-state index contributed by atoms with van der Waals surface area (Å²) in [5.41, 5.74) is 0.415. The highest BCUT2D eigenvalue weighted by Gasteiger charge is 2.15. The van der Waals surface area contributed by atoms with Gasteiger partial charge in [-0.05, 0) is 26.7 Å². The maximum atomic E-state index is 11.6. The molecule has 20 heavy (non-hydrogen) atoms.